The number of hydrogen-bond acceptors (Lipinski definition) is 3. The summed E-state index contributed by atoms with van der Waals surface area (Å²) < 4.78 is 5.36. The van der Waals surface area contributed by atoms with Gasteiger partial charge in [0.05, 0.1) is 17.7 Å². The van der Waals surface area contributed by atoms with Crippen LogP contribution < -0.4 is 0 Å². The Morgan fingerprint density at radius 3 is 1.68 bits per heavy atom. The second kappa shape index (κ2) is 12.0. The predicted octanol–water partition coefficient (Wildman–Crippen LogP) is 6.35. The van der Waals surface area contributed by atoms with Crippen molar-refractivity contribution in [2.45, 2.75) is 58.3 Å². The first kappa shape index (κ1) is 21.7. The highest BCUT2D eigenvalue weighted by molar-refractivity contribution is 5.90. The summed E-state index contributed by atoms with van der Waals surface area (Å²) in [4.78, 5) is 23.0. The van der Waals surface area contributed by atoms with Crippen LogP contribution in [-0.2, 0) is 4.74 Å². The number of ether oxygens (including phenoxy) is 1. The zero-order valence-electron chi connectivity index (χ0n) is 16.7. The van der Waals surface area contributed by atoms with Crippen LogP contribution in [0.2, 0.25) is 0 Å². The molecule has 0 radical (unpaired) electrons. The van der Waals surface area contributed by atoms with E-state index in [-0.39, 0.29) is 11.5 Å². The Morgan fingerprint density at radius 2 is 1.18 bits per heavy atom. The summed E-state index contributed by atoms with van der Waals surface area (Å²) in [6, 6.07) is 13.9. The van der Waals surface area contributed by atoms with Crippen LogP contribution >= 0.6 is 0 Å². The van der Waals surface area contributed by atoms with E-state index in [1.807, 2.05) is 12.1 Å². The van der Waals surface area contributed by atoms with E-state index in [0.29, 0.717) is 12.2 Å². The van der Waals surface area contributed by atoms with Crippen LogP contribution in [0.5, 0.6) is 0 Å². The summed E-state index contributed by atoms with van der Waals surface area (Å²) in [7, 11) is 0. The molecule has 2 rings (SSSR count). The van der Waals surface area contributed by atoms with Crippen molar-refractivity contribution in [3.8, 4) is 11.1 Å². The number of hydrogen-bond donors (Lipinski definition) is 1. The van der Waals surface area contributed by atoms with Crippen LogP contribution in [0.3, 0.4) is 0 Å². The summed E-state index contributed by atoms with van der Waals surface area (Å²) in [5.41, 5.74) is 2.62. The number of carbonyl (C=O) groups excluding carboxylic acids is 1. The van der Waals surface area contributed by atoms with Gasteiger partial charge >= 0.3 is 11.9 Å². The van der Waals surface area contributed by atoms with E-state index >= 15 is 0 Å². The minimum Gasteiger partial charge on any atom is -0.478 e. The Labute approximate surface area is 167 Å². The lowest BCUT2D eigenvalue weighted by Gasteiger charge is -2.07. The third-order valence-electron chi connectivity index (χ3n) is 4.82. The van der Waals surface area contributed by atoms with Crippen molar-refractivity contribution in [2.24, 2.45) is 0 Å². The number of carbonyl (C=O) groups is 2. The standard InChI is InChI=1S/C24H30O4/c1-2-3-4-5-6-7-8-9-18-28-24(27)22-16-12-20(13-17-22)19-10-14-21(15-11-19)23(25)26/h10-17H,2-9,18H2,1H3,(H,25,26). The Morgan fingerprint density at radius 1 is 0.714 bits per heavy atom. The molecule has 0 amide bonds. The summed E-state index contributed by atoms with van der Waals surface area (Å²) in [5.74, 6) is -1.24. The fraction of sp³-hybridized carbons (Fsp3) is 0.417. The maximum atomic E-state index is 12.1. The number of carboxylic acid groups (broad SMARTS) is 1. The van der Waals surface area contributed by atoms with E-state index in [0.717, 1.165) is 24.0 Å². The normalized spacial score (nSPS) is 10.6. The van der Waals surface area contributed by atoms with Crippen molar-refractivity contribution in [1.82, 2.24) is 0 Å². The lowest BCUT2D eigenvalue weighted by Crippen LogP contribution is -2.06. The van der Waals surface area contributed by atoms with Gasteiger partial charge in [-0.25, -0.2) is 9.59 Å². The molecule has 4 nitrogen and oxygen atoms in total. The molecule has 0 heterocycles. The smallest absolute Gasteiger partial charge is 0.338 e. The molecular weight excluding hydrogens is 352 g/mol. The minimum atomic E-state index is -0.943. The molecule has 28 heavy (non-hydrogen) atoms. The van der Waals surface area contributed by atoms with Crippen molar-refractivity contribution in [3.63, 3.8) is 0 Å². The van der Waals surface area contributed by atoms with Crippen molar-refractivity contribution in [2.75, 3.05) is 6.61 Å². The third kappa shape index (κ3) is 7.18. The molecule has 0 atom stereocenters. The molecule has 0 fully saturated rings. The Bertz CT molecular complexity index is 732. The highest BCUT2D eigenvalue weighted by Gasteiger charge is 2.08. The van der Waals surface area contributed by atoms with Gasteiger partial charge in [0.15, 0.2) is 0 Å². The first-order valence-corrected chi connectivity index (χ1v) is 10.2. The maximum Gasteiger partial charge on any atom is 0.338 e. The number of aromatic carboxylic acids is 1. The van der Waals surface area contributed by atoms with Crippen molar-refractivity contribution in [3.05, 3.63) is 59.7 Å². The number of rotatable bonds is 12. The molecule has 0 bridgehead atoms. The predicted molar refractivity (Wildman–Crippen MR) is 112 cm³/mol. The Hall–Kier alpha value is -2.62. The SMILES string of the molecule is CCCCCCCCCCOC(=O)c1ccc(-c2ccc(C(=O)O)cc2)cc1. The van der Waals surface area contributed by atoms with Gasteiger partial charge in [0.2, 0.25) is 0 Å². The van der Waals surface area contributed by atoms with Crippen LogP contribution in [0.4, 0.5) is 0 Å². The second-order valence-electron chi connectivity index (χ2n) is 7.07. The summed E-state index contributed by atoms with van der Waals surface area (Å²) in [6.45, 7) is 2.69. The minimum absolute atomic E-state index is 0.255. The quantitative estimate of drug-likeness (QED) is 0.343. The maximum absolute atomic E-state index is 12.1. The van der Waals surface area contributed by atoms with E-state index in [1.54, 1.807) is 36.4 Å². The van der Waals surface area contributed by atoms with Crippen molar-refractivity contribution >= 4 is 11.9 Å². The average Bonchev–Trinajstić information content (AvgIpc) is 2.72. The molecule has 0 aliphatic rings. The summed E-state index contributed by atoms with van der Waals surface area (Å²) >= 11 is 0. The van der Waals surface area contributed by atoms with Gasteiger partial charge in [-0.3, -0.25) is 0 Å². The van der Waals surface area contributed by atoms with E-state index < -0.39 is 5.97 Å². The van der Waals surface area contributed by atoms with Gasteiger partial charge in [-0.2, -0.15) is 0 Å². The molecule has 0 unspecified atom stereocenters. The number of unbranched alkanes of at least 4 members (excludes halogenated alkanes) is 7. The molecule has 2 aromatic carbocycles. The molecule has 150 valence electrons. The molecule has 0 saturated carbocycles. The van der Waals surface area contributed by atoms with E-state index in [1.165, 1.54) is 38.5 Å². The molecule has 0 aliphatic heterocycles. The average molecular weight is 383 g/mol. The zero-order chi connectivity index (χ0) is 20.2. The number of carboxylic acids is 1. The van der Waals surface area contributed by atoms with Gasteiger partial charge in [0.25, 0.3) is 0 Å². The molecule has 1 N–H and O–H groups in total. The van der Waals surface area contributed by atoms with Crippen LogP contribution in [0.15, 0.2) is 48.5 Å². The van der Waals surface area contributed by atoms with Crippen LogP contribution in [0.25, 0.3) is 11.1 Å². The molecule has 0 spiro atoms. The second-order valence-corrected chi connectivity index (χ2v) is 7.07. The first-order chi connectivity index (χ1) is 13.6. The van der Waals surface area contributed by atoms with Crippen LogP contribution in [-0.4, -0.2) is 23.7 Å². The molecular formula is C24H30O4. The van der Waals surface area contributed by atoms with Crippen LogP contribution in [0.1, 0.15) is 79.0 Å². The third-order valence-corrected chi connectivity index (χ3v) is 4.82. The monoisotopic (exact) mass is 382 g/mol. The number of esters is 1. The molecule has 0 aromatic heterocycles. The molecule has 4 heteroatoms. The molecule has 0 aliphatic carbocycles. The van der Waals surface area contributed by atoms with E-state index in [4.69, 9.17) is 9.84 Å². The first-order valence-electron chi connectivity index (χ1n) is 10.2. The topological polar surface area (TPSA) is 63.6 Å². The summed E-state index contributed by atoms with van der Waals surface area (Å²) in [6.07, 6.45) is 9.71. The molecule has 2 aromatic rings. The highest BCUT2D eigenvalue weighted by Crippen LogP contribution is 2.21. The largest absolute Gasteiger partial charge is 0.478 e. The Kier molecular flexibility index (Phi) is 9.26. The van der Waals surface area contributed by atoms with Gasteiger partial charge in [-0.15, -0.1) is 0 Å². The lowest BCUT2D eigenvalue weighted by molar-refractivity contribution is 0.0497. The van der Waals surface area contributed by atoms with Crippen LogP contribution in [0, 0.1) is 0 Å². The Balaban J connectivity index is 1.72. The van der Waals surface area contributed by atoms with Crippen molar-refractivity contribution < 1.29 is 19.4 Å². The molecule has 0 saturated heterocycles. The zero-order valence-corrected chi connectivity index (χ0v) is 16.7. The fourth-order valence-electron chi connectivity index (χ4n) is 3.09. The van der Waals surface area contributed by atoms with Gasteiger partial charge in [0.1, 0.15) is 0 Å². The van der Waals surface area contributed by atoms with E-state index in [9.17, 15) is 9.59 Å². The van der Waals surface area contributed by atoms with Gasteiger partial charge in [-0.05, 0) is 41.8 Å². The van der Waals surface area contributed by atoms with Crippen molar-refractivity contribution in [1.29, 1.82) is 0 Å². The van der Waals surface area contributed by atoms with E-state index in [2.05, 4.69) is 6.92 Å². The highest BCUT2D eigenvalue weighted by atomic mass is 16.5. The fourth-order valence-corrected chi connectivity index (χ4v) is 3.09. The lowest BCUT2D eigenvalue weighted by atomic mass is 10.0. The van der Waals surface area contributed by atoms with Gasteiger partial charge < -0.3 is 9.84 Å². The summed E-state index contributed by atoms with van der Waals surface area (Å²) in [5, 5.41) is 8.95. The number of benzene rings is 2. The van der Waals surface area contributed by atoms with Gasteiger partial charge in [-0.1, -0.05) is 76.1 Å². The van der Waals surface area contributed by atoms with Gasteiger partial charge in [0, 0.05) is 0 Å².